The number of nitrogens with one attached hydrogen (secondary N) is 1. The van der Waals surface area contributed by atoms with Gasteiger partial charge in [0.05, 0.1) is 0 Å². The fourth-order valence-electron chi connectivity index (χ4n) is 1.68. The summed E-state index contributed by atoms with van der Waals surface area (Å²) in [5, 5.41) is 2.84. The molecule has 0 fully saturated rings. The molecule has 0 saturated carbocycles. The van der Waals surface area contributed by atoms with E-state index in [1.54, 1.807) is 12.1 Å². The number of rotatable bonds is 7. The third kappa shape index (κ3) is 6.22. The zero-order chi connectivity index (χ0) is 14.3. The molecule has 0 saturated heterocycles. The highest BCUT2D eigenvalue weighted by atomic mass is 19.1. The van der Waals surface area contributed by atoms with Crippen LogP contribution in [0.5, 0.6) is 5.75 Å². The van der Waals surface area contributed by atoms with E-state index >= 15 is 0 Å². The van der Waals surface area contributed by atoms with Gasteiger partial charge in [0.2, 0.25) is 0 Å². The molecule has 1 aromatic carbocycles. The lowest BCUT2D eigenvalue weighted by Gasteiger charge is -2.15. The molecule has 1 rings (SSSR count). The van der Waals surface area contributed by atoms with Crippen LogP contribution in [0.4, 0.5) is 4.39 Å². The molecule has 0 aliphatic heterocycles. The predicted octanol–water partition coefficient (Wildman–Crippen LogP) is 3.15. The van der Waals surface area contributed by atoms with Gasteiger partial charge in [-0.15, -0.1) is 0 Å². The SMILES string of the molecule is CC(C)CCC(C)NC(=O)COc1ccccc1F. The number of carbonyl (C=O) groups is 1. The van der Waals surface area contributed by atoms with Gasteiger partial charge in [0.1, 0.15) is 0 Å². The largest absolute Gasteiger partial charge is 0.481 e. The van der Waals surface area contributed by atoms with Gasteiger partial charge in [-0.25, -0.2) is 4.39 Å². The number of amides is 1. The van der Waals surface area contributed by atoms with Gasteiger partial charge in [-0.1, -0.05) is 26.0 Å². The van der Waals surface area contributed by atoms with Crippen molar-refractivity contribution in [3.63, 3.8) is 0 Å². The molecule has 0 radical (unpaired) electrons. The molecule has 0 heterocycles. The Balaban J connectivity index is 2.30. The molecule has 0 aliphatic carbocycles. The van der Waals surface area contributed by atoms with E-state index in [2.05, 4.69) is 19.2 Å². The Bertz CT molecular complexity index is 407. The Morgan fingerprint density at radius 3 is 2.58 bits per heavy atom. The van der Waals surface area contributed by atoms with E-state index in [-0.39, 0.29) is 24.3 Å². The zero-order valence-electron chi connectivity index (χ0n) is 11.8. The molecule has 106 valence electrons. The fourth-order valence-corrected chi connectivity index (χ4v) is 1.68. The van der Waals surface area contributed by atoms with Crippen molar-refractivity contribution in [2.24, 2.45) is 5.92 Å². The van der Waals surface area contributed by atoms with Gasteiger partial charge in [0, 0.05) is 6.04 Å². The molecule has 0 aliphatic rings. The van der Waals surface area contributed by atoms with E-state index in [9.17, 15) is 9.18 Å². The number of benzene rings is 1. The number of halogens is 1. The maximum absolute atomic E-state index is 13.3. The second-order valence-electron chi connectivity index (χ2n) is 5.16. The van der Waals surface area contributed by atoms with Gasteiger partial charge in [-0.2, -0.15) is 0 Å². The Kier molecular flexibility index (Phi) is 6.33. The van der Waals surface area contributed by atoms with Gasteiger partial charge < -0.3 is 10.1 Å². The molecule has 0 bridgehead atoms. The monoisotopic (exact) mass is 267 g/mol. The number of carbonyl (C=O) groups excluding carboxylic acids is 1. The summed E-state index contributed by atoms with van der Waals surface area (Å²) in [6.07, 6.45) is 2.00. The van der Waals surface area contributed by atoms with Crippen LogP contribution in [-0.2, 0) is 4.79 Å². The van der Waals surface area contributed by atoms with Gasteiger partial charge in [0.25, 0.3) is 5.91 Å². The zero-order valence-corrected chi connectivity index (χ0v) is 11.8. The lowest BCUT2D eigenvalue weighted by molar-refractivity contribution is -0.123. The topological polar surface area (TPSA) is 38.3 Å². The first kappa shape index (κ1) is 15.5. The molecule has 1 amide bonds. The molecule has 1 unspecified atom stereocenters. The summed E-state index contributed by atoms with van der Waals surface area (Å²) in [5.41, 5.74) is 0. The average Bonchev–Trinajstić information content (AvgIpc) is 2.35. The van der Waals surface area contributed by atoms with Crippen LogP contribution < -0.4 is 10.1 Å². The van der Waals surface area contributed by atoms with E-state index in [1.165, 1.54) is 12.1 Å². The first-order valence-electron chi connectivity index (χ1n) is 6.65. The maximum atomic E-state index is 13.3. The Morgan fingerprint density at radius 1 is 1.26 bits per heavy atom. The quantitative estimate of drug-likeness (QED) is 0.824. The highest BCUT2D eigenvalue weighted by molar-refractivity contribution is 5.77. The smallest absolute Gasteiger partial charge is 0.258 e. The van der Waals surface area contributed by atoms with Crippen LogP contribution >= 0.6 is 0 Å². The Labute approximate surface area is 114 Å². The summed E-state index contributed by atoms with van der Waals surface area (Å²) in [6, 6.07) is 6.17. The summed E-state index contributed by atoms with van der Waals surface area (Å²) in [5.74, 6) is 0.0455. The van der Waals surface area contributed by atoms with Gasteiger partial charge in [-0.05, 0) is 37.8 Å². The summed E-state index contributed by atoms with van der Waals surface area (Å²) >= 11 is 0. The van der Waals surface area contributed by atoms with Crippen LogP contribution in [-0.4, -0.2) is 18.6 Å². The van der Waals surface area contributed by atoms with E-state index in [0.29, 0.717) is 5.92 Å². The summed E-state index contributed by atoms with van der Waals surface area (Å²) in [6.45, 7) is 6.10. The van der Waals surface area contributed by atoms with Crippen LogP contribution in [0, 0.1) is 11.7 Å². The number of hydrogen-bond acceptors (Lipinski definition) is 2. The molecule has 19 heavy (non-hydrogen) atoms. The summed E-state index contributed by atoms with van der Waals surface area (Å²) in [7, 11) is 0. The first-order valence-corrected chi connectivity index (χ1v) is 6.65. The highest BCUT2D eigenvalue weighted by Crippen LogP contribution is 2.15. The van der Waals surface area contributed by atoms with Crippen molar-refractivity contribution in [1.82, 2.24) is 5.32 Å². The van der Waals surface area contributed by atoms with E-state index in [4.69, 9.17) is 4.74 Å². The van der Waals surface area contributed by atoms with Crippen molar-refractivity contribution in [1.29, 1.82) is 0 Å². The van der Waals surface area contributed by atoms with Crippen molar-refractivity contribution in [3.05, 3.63) is 30.1 Å². The minimum atomic E-state index is -0.455. The van der Waals surface area contributed by atoms with Crippen molar-refractivity contribution in [3.8, 4) is 5.75 Å². The average molecular weight is 267 g/mol. The van der Waals surface area contributed by atoms with Crippen molar-refractivity contribution in [2.45, 2.75) is 39.7 Å². The van der Waals surface area contributed by atoms with Crippen molar-refractivity contribution >= 4 is 5.91 Å². The molecule has 0 spiro atoms. The minimum absolute atomic E-state index is 0.104. The second-order valence-corrected chi connectivity index (χ2v) is 5.16. The van der Waals surface area contributed by atoms with Crippen LogP contribution in [0.3, 0.4) is 0 Å². The molecule has 1 atom stereocenters. The standard InChI is InChI=1S/C15H22FNO2/c1-11(2)8-9-12(3)17-15(18)10-19-14-7-5-4-6-13(14)16/h4-7,11-12H,8-10H2,1-3H3,(H,17,18). The minimum Gasteiger partial charge on any atom is -0.481 e. The molecular formula is C15H22FNO2. The number of ether oxygens (including phenoxy) is 1. The summed E-state index contributed by atoms with van der Waals surface area (Å²) in [4.78, 5) is 11.6. The highest BCUT2D eigenvalue weighted by Gasteiger charge is 2.10. The van der Waals surface area contributed by atoms with E-state index in [0.717, 1.165) is 12.8 Å². The lowest BCUT2D eigenvalue weighted by Crippen LogP contribution is -2.36. The molecule has 3 nitrogen and oxygen atoms in total. The Hall–Kier alpha value is -1.58. The third-order valence-corrected chi connectivity index (χ3v) is 2.78. The van der Waals surface area contributed by atoms with Crippen molar-refractivity contribution < 1.29 is 13.9 Å². The van der Waals surface area contributed by atoms with E-state index < -0.39 is 5.82 Å². The fraction of sp³-hybridized carbons (Fsp3) is 0.533. The normalized spacial score (nSPS) is 12.3. The molecule has 1 aromatic rings. The third-order valence-electron chi connectivity index (χ3n) is 2.78. The van der Waals surface area contributed by atoms with Gasteiger partial charge >= 0.3 is 0 Å². The van der Waals surface area contributed by atoms with Gasteiger partial charge in [0.15, 0.2) is 18.2 Å². The van der Waals surface area contributed by atoms with Crippen LogP contribution in [0.2, 0.25) is 0 Å². The molecule has 0 aromatic heterocycles. The second kappa shape index (κ2) is 7.77. The van der Waals surface area contributed by atoms with E-state index in [1.807, 2.05) is 6.92 Å². The number of para-hydroxylation sites is 1. The lowest BCUT2D eigenvalue weighted by atomic mass is 10.0. The van der Waals surface area contributed by atoms with Gasteiger partial charge in [-0.3, -0.25) is 4.79 Å². The molecule has 4 heteroatoms. The van der Waals surface area contributed by atoms with Crippen LogP contribution in [0.1, 0.15) is 33.6 Å². The van der Waals surface area contributed by atoms with Crippen LogP contribution in [0.15, 0.2) is 24.3 Å². The molecular weight excluding hydrogens is 245 g/mol. The van der Waals surface area contributed by atoms with Crippen molar-refractivity contribution in [2.75, 3.05) is 6.61 Å². The van der Waals surface area contributed by atoms with Crippen LogP contribution in [0.25, 0.3) is 0 Å². The molecule has 1 N–H and O–H groups in total. The first-order chi connectivity index (χ1) is 8.99. The number of hydrogen-bond donors (Lipinski definition) is 1. The Morgan fingerprint density at radius 2 is 1.95 bits per heavy atom. The maximum Gasteiger partial charge on any atom is 0.258 e. The summed E-state index contributed by atoms with van der Waals surface area (Å²) < 4.78 is 18.4. The predicted molar refractivity (Wildman–Crippen MR) is 73.6 cm³/mol.